The normalized spacial score (nSPS) is 15.1. The fourth-order valence-corrected chi connectivity index (χ4v) is 3.86. The van der Waals surface area contributed by atoms with Gasteiger partial charge >= 0.3 is 5.97 Å². The molecule has 28 heavy (non-hydrogen) atoms. The zero-order valence-electron chi connectivity index (χ0n) is 14.2. The van der Waals surface area contributed by atoms with Crippen LogP contribution in [0.2, 0.25) is 0 Å². The minimum absolute atomic E-state index is 0.166. The predicted octanol–water partition coefficient (Wildman–Crippen LogP) is 0.292. The fourth-order valence-electron chi connectivity index (χ4n) is 3.16. The average molecular weight is 402 g/mol. The second kappa shape index (κ2) is 6.94. The molecule has 0 aliphatic carbocycles. The number of aromatic nitrogens is 2. The monoisotopic (exact) mass is 402 g/mol. The molecule has 1 atom stereocenters. The van der Waals surface area contributed by atoms with Gasteiger partial charge in [0.2, 0.25) is 0 Å². The van der Waals surface area contributed by atoms with Crippen molar-refractivity contribution in [2.75, 3.05) is 13.2 Å². The van der Waals surface area contributed by atoms with Crippen LogP contribution in [0.15, 0.2) is 34.7 Å². The van der Waals surface area contributed by atoms with Gasteiger partial charge in [0.05, 0.1) is 15.9 Å². The Hall–Kier alpha value is -3.44. The van der Waals surface area contributed by atoms with Crippen LogP contribution in [0.4, 0.5) is 0 Å². The SMILES string of the molecule is NOC(=O)CNC(=O)c1c(O)c2cccc3c2n(c1=O)C(c1cncs1)CO3. The lowest BCUT2D eigenvalue weighted by Crippen LogP contribution is -2.39. The van der Waals surface area contributed by atoms with Gasteiger partial charge in [0.15, 0.2) is 0 Å². The minimum Gasteiger partial charge on any atom is -0.506 e. The molecule has 3 heterocycles. The van der Waals surface area contributed by atoms with Crippen LogP contribution in [0.25, 0.3) is 10.9 Å². The summed E-state index contributed by atoms with van der Waals surface area (Å²) in [5, 5.41) is 13.1. The van der Waals surface area contributed by atoms with Gasteiger partial charge in [0.1, 0.15) is 36.3 Å². The highest BCUT2D eigenvalue weighted by molar-refractivity contribution is 7.09. The molecule has 0 saturated heterocycles. The molecule has 11 heteroatoms. The van der Waals surface area contributed by atoms with Crippen LogP contribution >= 0.6 is 11.3 Å². The van der Waals surface area contributed by atoms with E-state index in [1.54, 1.807) is 29.9 Å². The Morgan fingerprint density at radius 3 is 3.00 bits per heavy atom. The van der Waals surface area contributed by atoms with Crippen molar-refractivity contribution in [3.05, 3.63) is 50.7 Å². The Labute approximate surface area is 161 Å². The van der Waals surface area contributed by atoms with Crippen LogP contribution < -0.4 is 21.5 Å². The number of ether oxygens (including phenoxy) is 1. The van der Waals surface area contributed by atoms with Crippen LogP contribution in [0.3, 0.4) is 0 Å². The summed E-state index contributed by atoms with van der Waals surface area (Å²) in [6, 6.07) is 4.39. The summed E-state index contributed by atoms with van der Waals surface area (Å²) in [6.45, 7) is -0.382. The number of hydrogen-bond donors (Lipinski definition) is 3. The first kappa shape index (κ1) is 17.9. The van der Waals surface area contributed by atoms with E-state index >= 15 is 0 Å². The maximum absolute atomic E-state index is 13.2. The molecule has 1 aliphatic heterocycles. The van der Waals surface area contributed by atoms with Crippen LogP contribution in [-0.2, 0) is 9.63 Å². The molecule has 0 spiro atoms. The number of hydrogen-bond acceptors (Lipinski definition) is 9. The summed E-state index contributed by atoms with van der Waals surface area (Å²) in [4.78, 5) is 45.7. The van der Waals surface area contributed by atoms with E-state index in [-0.39, 0.29) is 12.0 Å². The van der Waals surface area contributed by atoms with Crippen molar-refractivity contribution in [3.8, 4) is 11.5 Å². The Morgan fingerprint density at radius 1 is 1.46 bits per heavy atom. The summed E-state index contributed by atoms with van der Waals surface area (Å²) in [5.74, 6) is 2.85. The molecule has 0 radical (unpaired) electrons. The molecule has 1 amide bonds. The van der Waals surface area contributed by atoms with Crippen molar-refractivity contribution >= 4 is 34.1 Å². The van der Waals surface area contributed by atoms with E-state index in [0.717, 1.165) is 4.88 Å². The zero-order valence-corrected chi connectivity index (χ0v) is 15.1. The van der Waals surface area contributed by atoms with E-state index in [9.17, 15) is 19.5 Å². The molecular weight excluding hydrogens is 388 g/mol. The Kier molecular flexibility index (Phi) is 4.45. The van der Waals surface area contributed by atoms with E-state index in [1.165, 1.54) is 15.9 Å². The molecule has 10 nitrogen and oxygen atoms in total. The smallest absolute Gasteiger partial charge is 0.343 e. The van der Waals surface area contributed by atoms with Crippen molar-refractivity contribution in [1.82, 2.24) is 14.9 Å². The van der Waals surface area contributed by atoms with Gasteiger partial charge in [-0.05, 0) is 12.1 Å². The van der Waals surface area contributed by atoms with E-state index in [0.29, 0.717) is 11.3 Å². The largest absolute Gasteiger partial charge is 0.506 e. The highest BCUT2D eigenvalue weighted by atomic mass is 32.1. The average Bonchev–Trinajstić information content (AvgIpc) is 3.24. The first-order chi connectivity index (χ1) is 13.5. The molecule has 4 N–H and O–H groups in total. The van der Waals surface area contributed by atoms with Crippen molar-refractivity contribution in [3.63, 3.8) is 0 Å². The highest BCUT2D eigenvalue weighted by Gasteiger charge is 2.31. The van der Waals surface area contributed by atoms with E-state index in [4.69, 9.17) is 10.6 Å². The van der Waals surface area contributed by atoms with Crippen LogP contribution in [0, 0.1) is 0 Å². The fraction of sp³-hybridized carbons (Fsp3) is 0.176. The van der Waals surface area contributed by atoms with E-state index < -0.39 is 41.3 Å². The molecule has 1 aromatic carbocycles. The second-order valence-corrected chi connectivity index (χ2v) is 6.87. The topological polar surface area (TPSA) is 146 Å². The predicted molar refractivity (Wildman–Crippen MR) is 98.2 cm³/mol. The lowest BCUT2D eigenvalue weighted by atomic mass is 10.1. The number of pyridine rings is 1. The number of carbonyl (C=O) groups is 2. The number of benzene rings is 1. The number of nitrogens with two attached hydrogens (primary N) is 1. The van der Waals surface area contributed by atoms with Crippen molar-refractivity contribution in [2.24, 2.45) is 5.90 Å². The molecule has 0 bridgehead atoms. The quantitative estimate of drug-likeness (QED) is 0.528. The van der Waals surface area contributed by atoms with Gasteiger partial charge in [-0.2, -0.15) is 5.90 Å². The third-order valence-electron chi connectivity index (χ3n) is 4.40. The number of aromatic hydroxyl groups is 1. The van der Waals surface area contributed by atoms with Gasteiger partial charge in [-0.1, -0.05) is 6.07 Å². The third kappa shape index (κ3) is 2.77. The number of rotatable bonds is 4. The number of thiazole rings is 1. The van der Waals surface area contributed by atoms with Crippen molar-refractivity contribution in [2.45, 2.75) is 6.04 Å². The van der Waals surface area contributed by atoms with Crippen LogP contribution in [0.5, 0.6) is 11.5 Å². The van der Waals surface area contributed by atoms with E-state index in [2.05, 4.69) is 15.1 Å². The zero-order chi connectivity index (χ0) is 19.8. The highest BCUT2D eigenvalue weighted by Crippen LogP contribution is 2.38. The number of nitrogens with one attached hydrogen (secondary N) is 1. The molecule has 0 fully saturated rings. The molecule has 144 valence electrons. The number of amides is 1. The molecule has 1 unspecified atom stereocenters. The Morgan fingerprint density at radius 2 is 2.29 bits per heavy atom. The summed E-state index contributed by atoms with van der Waals surface area (Å²) in [5.41, 5.74) is 0.820. The standard InChI is InChI=1S/C17H14N4O6S/c18-27-12(22)5-20-16(24)13-15(23)8-2-1-3-10-14(8)21(17(13)25)9(6-26-10)11-4-19-7-28-11/h1-4,7,9,23H,5-6,18H2,(H,20,24). The molecule has 4 rings (SSSR count). The van der Waals surface area contributed by atoms with Gasteiger partial charge in [-0.15, -0.1) is 11.3 Å². The maximum atomic E-state index is 13.2. The lowest BCUT2D eigenvalue weighted by Gasteiger charge is -2.28. The van der Waals surface area contributed by atoms with E-state index in [1.807, 2.05) is 0 Å². The van der Waals surface area contributed by atoms with Gasteiger partial charge in [0, 0.05) is 11.6 Å². The van der Waals surface area contributed by atoms with Gasteiger partial charge in [0.25, 0.3) is 11.5 Å². The number of carbonyl (C=O) groups excluding carboxylic acids is 2. The molecule has 2 aromatic heterocycles. The Bertz CT molecular complexity index is 1140. The molecular formula is C17H14N4O6S. The van der Waals surface area contributed by atoms with Crippen molar-refractivity contribution in [1.29, 1.82) is 0 Å². The lowest BCUT2D eigenvalue weighted by molar-refractivity contribution is -0.142. The molecule has 1 aliphatic rings. The van der Waals surface area contributed by atoms with Crippen LogP contribution in [-0.4, -0.2) is 39.7 Å². The first-order valence-corrected chi connectivity index (χ1v) is 9.00. The summed E-state index contributed by atoms with van der Waals surface area (Å²) in [7, 11) is 0. The molecule has 0 saturated carbocycles. The number of para-hydroxylation sites is 1. The summed E-state index contributed by atoms with van der Waals surface area (Å²) in [6.07, 6.45) is 1.62. The Balaban J connectivity index is 1.93. The molecule has 3 aromatic rings. The minimum atomic E-state index is -0.918. The van der Waals surface area contributed by atoms with Gasteiger partial charge in [-0.3, -0.25) is 19.1 Å². The van der Waals surface area contributed by atoms with Gasteiger partial charge < -0.3 is 20.0 Å². The second-order valence-electron chi connectivity index (χ2n) is 5.95. The summed E-state index contributed by atoms with van der Waals surface area (Å²) < 4.78 is 7.18. The number of nitrogens with zero attached hydrogens (tertiary/aromatic N) is 2. The maximum Gasteiger partial charge on any atom is 0.343 e. The van der Waals surface area contributed by atoms with Crippen molar-refractivity contribution < 1.29 is 24.3 Å². The third-order valence-corrected chi connectivity index (χ3v) is 5.28. The summed E-state index contributed by atoms with van der Waals surface area (Å²) >= 11 is 1.34. The first-order valence-electron chi connectivity index (χ1n) is 8.12. The van der Waals surface area contributed by atoms with Gasteiger partial charge in [-0.25, -0.2) is 4.79 Å². The van der Waals surface area contributed by atoms with Crippen LogP contribution in [0.1, 0.15) is 21.3 Å².